The predicted octanol–water partition coefficient (Wildman–Crippen LogP) is 5.92. The maximum absolute atomic E-state index is 13.6. The lowest BCUT2D eigenvalue weighted by Gasteiger charge is -2.16. The smallest absolute Gasteiger partial charge is 0.333 e. The van der Waals surface area contributed by atoms with E-state index in [9.17, 15) is 18.0 Å². The minimum absolute atomic E-state index is 0.0740. The van der Waals surface area contributed by atoms with Gasteiger partial charge in [0.15, 0.2) is 0 Å². The standard InChI is InChI=1S/C26H19ClIN5O4S2/c1-29-16-2-4-18-19(12-16)20(15-8-10-30-11-9-15)14-33(25(18)34)22-5-3-17(13-21(22)28)31-26(35)32-39(36,37)24-7-6-23(27)38-24/h2-14,29H,1H3,(H2,31,32,35). The number of anilines is 2. The Hall–Kier alpha value is -3.46. The van der Waals surface area contributed by atoms with Gasteiger partial charge in [-0.2, -0.15) is 0 Å². The Morgan fingerprint density at radius 1 is 1.00 bits per heavy atom. The van der Waals surface area contributed by atoms with Crippen molar-refractivity contribution in [3.63, 3.8) is 0 Å². The number of benzene rings is 2. The molecule has 2 amide bonds. The Labute approximate surface area is 246 Å². The van der Waals surface area contributed by atoms with Crippen molar-refractivity contribution in [2.45, 2.75) is 4.21 Å². The van der Waals surface area contributed by atoms with Crippen LogP contribution in [0.3, 0.4) is 0 Å². The Kier molecular flexibility index (Phi) is 7.62. The number of nitrogens with one attached hydrogen (secondary N) is 3. The molecule has 0 aliphatic carbocycles. The number of aromatic nitrogens is 2. The van der Waals surface area contributed by atoms with Crippen molar-refractivity contribution < 1.29 is 13.2 Å². The van der Waals surface area contributed by atoms with Gasteiger partial charge in [0.05, 0.1) is 10.0 Å². The van der Waals surface area contributed by atoms with Crippen molar-refractivity contribution >= 4 is 83.7 Å². The first-order chi connectivity index (χ1) is 18.7. The lowest BCUT2D eigenvalue weighted by molar-refractivity contribution is 0.256. The van der Waals surface area contributed by atoms with E-state index >= 15 is 0 Å². The van der Waals surface area contributed by atoms with Crippen molar-refractivity contribution in [1.29, 1.82) is 0 Å². The Morgan fingerprint density at radius 2 is 1.74 bits per heavy atom. The topological polar surface area (TPSA) is 122 Å². The highest BCUT2D eigenvalue weighted by Crippen LogP contribution is 2.31. The molecule has 2 aromatic carbocycles. The van der Waals surface area contributed by atoms with E-state index in [1.54, 1.807) is 47.4 Å². The van der Waals surface area contributed by atoms with Crippen molar-refractivity contribution in [2.75, 3.05) is 17.7 Å². The summed E-state index contributed by atoms with van der Waals surface area (Å²) >= 11 is 8.73. The third-order valence-electron chi connectivity index (χ3n) is 5.80. The Morgan fingerprint density at radius 3 is 2.41 bits per heavy atom. The molecule has 0 spiro atoms. The minimum atomic E-state index is -4.07. The van der Waals surface area contributed by atoms with Crippen LogP contribution in [0.2, 0.25) is 4.34 Å². The SMILES string of the molecule is CNc1ccc2c(=O)n(-c3ccc(NC(=O)NS(=O)(=O)c4ccc(Cl)s4)cc3I)cc(-c3ccncc3)c2c1. The van der Waals surface area contributed by atoms with Gasteiger partial charge in [-0.3, -0.25) is 14.3 Å². The van der Waals surface area contributed by atoms with Crippen molar-refractivity contribution in [3.8, 4) is 16.8 Å². The van der Waals surface area contributed by atoms with Crippen LogP contribution in [0, 0.1) is 3.57 Å². The van der Waals surface area contributed by atoms with Crippen molar-refractivity contribution in [1.82, 2.24) is 14.3 Å². The molecule has 13 heteroatoms. The number of thiophene rings is 1. The number of hydrogen-bond acceptors (Lipinski definition) is 7. The average molecular weight is 692 g/mol. The first-order valence-electron chi connectivity index (χ1n) is 11.3. The first-order valence-corrected chi connectivity index (χ1v) is 15.1. The van der Waals surface area contributed by atoms with Crippen LogP contribution in [0.5, 0.6) is 0 Å². The van der Waals surface area contributed by atoms with E-state index in [-0.39, 0.29) is 9.77 Å². The summed E-state index contributed by atoms with van der Waals surface area (Å²) in [4.78, 5) is 30.1. The number of nitrogens with zero attached hydrogens (tertiary/aromatic N) is 2. The predicted molar refractivity (Wildman–Crippen MR) is 164 cm³/mol. The highest BCUT2D eigenvalue weighted by Gasteiger charge is 2.20. The molecule has 9 nitrogen and oxygen atoms in total. The van der Waals surface area contributed by atoms with Crippen LogP contribution in [0.1, 0.15) is 0 Å². The number of rotatable bonds is 6. The van der Waals surface area contributed by atoms with E-state index in [4.69, 9.17) is 11.6 Å². The van der Waals surface area contributed by atoms with Gasteiger partial charge in [0.25, 0.3) is 15.6 Å². The maximum Gasteiger partial charge on any atom is 0.333 e. The highest BCUT2D eigenvalue weighted by atomic mass is 127. The number of urea groups is 1. The van der Waals surface area contributed by atoms with Gasteiger partial charge in [0.2, 0.25) is 0 Å². The summed E-state index contributed by atoms with van der Waals surface area (Å²) in [7, 11) is -2.25. The van der Waals surface area contributed by atoms with E-state index in [0.29, 0.717) is 24.7 Å². The van der Waals surface area contributed by atoms with Crippen LogP contribution < -0.4 is 20.9 Å². The monoisotopic (exact) mass is 691 g/mol. The number of pyridine rings is 2. The molecule has 198 valence electrons. The molecule has 0 saturated heterocycles. The second-order valence-electron chi connectivity index (χ2n) is 8.25. The first kappa shape index (κ1) is 27.1. The number of amides is 2. The average Bonchev–Trinajstić information content (AvgIpc) is 3.37. The molecule has 5 rings (SSSR count). The lowest BCUT2D eigenvalue weighted by atomic mass is 10.0. The number of sulfonamides is 1. The van der Waals surface area contributed by atoms with Gasteiger partial charge in [-0.05, 0) is 94.2 Å². The molecule has 3 aromatic heterocycles. The second kappa shape index (κ2) is 11.0. The van der Waals surface area contributed by atoms with Crippen LogP contribution >= 0.6 is 45.5 Å². The van der Waals surface area contributed by atoms with Crippen molar-refractivity contribution in [3.05, 3.63) is 97.5 Å². The zero-order chi connectivity index (χ0) is 27.7. The summed E-state index contributed by atoms with van der Waals surface area (Å²) < 4.78 is 29.2. The van der Waals surface area contributed by atoms with E-state index in [1.165, 1.54) is 12.1 Å². The van der Waals surface area contributed by atoms with Gasteiger partial charge in [0, 0.05) is 51.5 Å². The van der Waals surface area contributed by atoms with Crippen LogP contribution in [0.15, 0.2) is 88.3 Å². The normalized spacial score (nSPS) is 11.4. The fourth-order valence-corrected chi connectivity index (χ4v) is 7.15. The fourth-order valence-electron chi connectivity index (χ4n) is 3.99. The number of hydrogen-bond donors (Lipinski definition) is 3. The molecule has 3 heterocycles. The zero-order valence-corrected chi connectivity index (χ0v) is 24.7. The van der Waals surface area contributed by atoms with Crippen LogP contribution in [-0.2, 0) is 10.0 Å². The third kappa shape index (κ3) is 5.64. The summed E-state index contributed by atoms with van der Waals surface area (Å²) in [6, 6.07) is 16.1. The molecule has 0 aliphatic heterocycles. The number of fused-ring (bicyclic) bond motifs is 1. The zero-order valence-electron chi connectivity index (χ0n) is 20.1. The molecular weight excluding hydrogens is 673 g/mol. The molecular formula is C26H19ClIN5O4S2. The van der Waals surface area contributed by atoms with Crippen molar-refractivity contribution in [2.24, 2.45) is 0 Å². The molecule has 0 saturated carbocycles. The van der Waals surface area contributed by atoms with Gasteiger partial charge >= 0.3 is 6.03 Å². The highest BCUT2D eigenvalue weighted by molar-refractivity contribution is 14.1. The van der Waals surface area contributed by atoms with Crippen LogP contribution in [-0.4, -0.2) is 31.0 Å². The van der Waals surface area contributed by atoms with Gasteiger partial charge in [-0.1, -0.05) is 11.6 Å². The second-order valence-corrected chi connectivity index (χ2v) is 13.0. The van der Waals surface area contributed by atoms with E-state index < -0.39 is 16.1 Å². The molecule has 0 unspecified atom stereocenters. The van der Waals surface area contributed by atoms with Gasteiger partial charge in [-0.15, -0.1) is 11.3 Å². The minimum Gasteiger partial charge on any atom is -0.388 e. The summed E-state index contributed by atoms with van der Waals surface area (Å²) in [5, 5.41) is 6.98. The summed E-state index contributed by atoms with van der Waals surface area (Å²) in [5.74, 6) is 0. The number of carbonyl (C=O) groups excluding carboxylic acids is 1. The fraction of sp³-hybridized carbons (Fsp3) is 0.0385. The van der Waals surface area contributed by atoms with Gasteiger partial charge < -0.3 is 10.6 Å². The van der Waals surface area contributed by atoms with E-state index in [0.717, 1.165) is 33.5 Å². The summed E-state index contributed by atoms with van der Waals surface area (Å²) in [5.41, 5.74) is 3.37. The molecule has 5 aromatic rings. The summed E-state index contributed by atoms with van der Waals surface area (Å²) in [6.45, 7) is 0. The third-order valence-corrected chi connectivity index (χ3v) is 9.72. The molecule has 0 fully saturated rings. The molecule has 0 atom stereocenters. The molecule has 39 heavy (non-hydrogen) atoms. The van der Waals surface area contributed by atoms with Crippen LogP contribution in [0.4, 0.5) is 16.2 Å². The van der Waals surface area contributed by atoms with E-state index in [1.807, 2.05) is 36.0 Å². The van der Waals surface area contributed by atoms with Crippen LogP contribution in [0.25, 0.3) is 27.6 Å². The molecule has 0 aliphatic rings. The molecule has 0 radical (unpaired) electrons. The van der Waals surface area contributed by atoms with E-state index in [2.05, 4.69) is 38.2 Å². The quantitative estimate of drug-likeness (QED) is 0.190. The van der Waals surface area contributed by atoms with Gasteiger partial charge in [0.1, 0.15) is 4.21 Å². The summed E-state index contributed by atoms with van der Waals surface area (Å²) in [6.07, 6.45) is 5.18. The largest absolute Gasteiger partial charge is 0.388 e. The van der Waals surface area contributed by atoms with Gasteiger partial charge in [-0.25, -0.2) is 17.9 Å². The number of halogens is 2. The maximum atomic E-state index is 13.6. The Bertz CT molecular complexity index is 1890. The lowest BCUT2D eigenvalue weighted by Crippen LogP contribution is -2.34. The molecule has 3 N–H and O–H groups in total. The number of carbonyl (C=O) groups is 1. The molecule has 0 bridgehead atoms. The Balaban J connectivity index is 1.50.